The Morgan fingerprint density at radius 2 is 2.26 bits per heavy atom. The number of hydrogen-bond acceptors (Lipinski definition) is 5. The molecule has 1 atom stereocenters. The minimum atomic E-state index is -0.363. The lowest BCUT2D eigenvalue weighted by Gasteiger charge is -2.17. The summed E-state index contributed by atoms with van der Waals surface area (Å²) < 4.78 is 4.69. The number of carbonyl (C=O) groups is 1. The van der Waals surface area contributed by atoms with Gasteiger partial charge in [-0.2, -0.15) is 0 Å². The SMILES string of the molecule is CCCCC(CN)Nc1ccc(C(=O)OC)c(C)n1. The van der Waals surface area contributed by atoms with Crippen molar-refractivity contribution in [2.24, 2.45) is 5.73 Å². The van der Waals surface area contributed by atoms with E-state index >= 15 is 0 Å². The van der Waals surface area contributed by atoms with Crippen LogP contribution in [0.15, 0.2) is 12.1 Å². The summed E-state index contributed by atoms with van der Waals surface area (Å²) in [7, 11) is 1.36. The van der Waals surface area contributed by atoms with E-state index in [0.717, 1.165) is 25.1 Å². The van der Waals surface area contributed by atoms with Gasteiger partial charge in [-0.3, -0.25) is 0 Å². The Labute approximate surface area is 114 Å². The van der Waals surface area contributed by atoms with Crippen molar-refractivity contribution in [3.8, 4) is 0 Å². The summed E-state index contributed by atoms with van der Waals surface area (Å²) in [4.78, 5) is 15.8. The number of aryl methyl sites for hydroxylation is 1. The minimum Gasteiger partial charge on any atom is -0.465 e. The van der Waals surface area contributed by atoms with Gasteiger partial charge < -0.3 is 15.8 Å². The first kappa shape index (κ1) is 15.4. The second-order valence-electron chi connectivity index (χ2n) is 4.54. The van der Waals surface area contributed by atoms with E-state index in [1.54, 1.807) is 19.1 Å². The molecule has 0 fully saturated rings. The monoisotopic (exact) mass is 265 g/mol. The van der Waals surface area contributed by atoms with Crippen LogP contribution < -0.4 is 11.1 Å². The molecular formula is C14H23N3O2. The van der Waals surface area contributed by atoms with Crippen LogP contribution in [0.25, 0.3) is 0 Å². The molecule has 5 heteroatoms. The highest BCUT2D eigenvalue weighted by atomic mass is 16.5. The zero-order valence-electron chi connectivity index (χ0n) is 11.9. The number of aromatic nitrogens is 1. The Morgan fingerprint density at radius 3 is 2.79 bits per heavy atom. The van der Waals surface area contributed by atoms with Gasteiger partial charge in [0.1, 0.15) is 5.82 Å². The van der Waals surface area contributed by atoms with Crippen molar-refractivity contribution in [2.75, 3.05) is 19.0 Å². The maximum atomic E-state index is 11.5. The lowest BCUT2D eigenvalue weighted by atomic mass is 10.1. The van der Waals surface area contributed by atoms with Gasteiger partial charge in [0.15, 0.2) is 0 Å². The van der Waals surface area contributed by atoms with Crippen molar-refractivity contribution in [3.05, 3.63) is 23.4 Å². The van der Waals surface area contributed by atoms with Crippen molar-refractivity contribution >= 4 is 11.8 Å². The fraction of sp³-hybridized carbons (Fsp3) is 0.571. The second kappa shape index (κ2) is 7.74. The maximum absolute atomic E-state index is 11.5. The quantitative estimate of drug-likeness (QED) is 0.738. The van der Waals surface area contributed by atoms with E-state index in [0.29, 0.717) is 17.8 Å². The van der Waals surface area contributed by atoms with Gasteiger partial charge in [-0.1, -0.05) is 19.8 Å². The Morgan fingerprint density at radius 1 is 1.53 bits per heavy atom. The third-order valence-corrected chi connectivity index (χ3v) is 3.03. The van der Waals surface area contributed by atoms with Gasteiger partial charge in [0.05, 0.1) is 18.4 Å². The molecule has 0 amide bonds. The summed E-state index contributed by atoms with van der Waals surface area (Å²) in [6.07, 6.45) is 3.30. The molecule has 0 aliphatic heterocycles. The number of methoxy groups -OCH3 is 1. The molecule has 0 radical (unpaired) electrons. The number of hydrogen-bond donors (Lipinski definition) is 2. The number of ether oxygens (including phenoxy) is 1. The van der Waals surface area contributed by atoms with Crippen LogP contribution in [0, 0.1) is 6.92 Å². The lowest BCUT2D eigenvalue weighted by molar-refractivity contribution is 0.0599. The topological polar surface area (TPSA) is 77.2 Å². The molecule has 19 heavy (non-hydrogen) atoms. The van der Waals surface area contributed by atoms with E-state index < -0.39 is 0 Å². The van der Waals surface area contributed by atoms with Crippen LogP contribution in [-0.2, 0) is 4.74 Å². The van der Waals surface area contributed by atoms with Crippen molar-refractivity contribution in [1.29, 1.82) is 0 Å². The van der Waals surface area contributed by atoms with Crippen LogP contribution >= 0.6 is 0 Å². The zero-order chi connectivity index (χ0) is 14.3. The highest BCUT2D eigenvalue weighted by molar-refractivity contribution is 5.90. The highest BCUT2D eigenvalue weighted by Crippen LogP contribution is 2.13. The number of nitrogens with one attached hydrogen (secondary N) is 1. The van der Waals surface area contributed by atoms with Crippen LogP contribution in [0.5, 0.6) is 0 Å². The van der Waals surface area contributed by atoms with Crippen molar-refractivity contribution < 1.29 is 9.53 Å². The van der Waals surface area contributed by atoms with Gasteiger partial charge in [-0.05, 0) is 25.5 Å². The fourth-order valence-corrected chi connectivity index (χ4v) is 1.88. The molecule has 1 heterocycles. The third kappa shape index (κ3) is 4.52. The average Bonchev–Trinajstić information content (AvgIpc) is 2.42. The Kier molecular flexibility index (Phi) is 6.29. The second-order valence-corrected chi connectivity index (χ2v) is 4.54. The normalized spacial score (nSPS) is 12.0. The van der Waals surface area contributed by atoms with Crippen LogP contribution in [0.4, 0.5) is 5.82 Å². The van der Waals surface area contributed by atoms with Gasteiger partial charge in [0.2, 0.25) is 0 Å². The molecule has 0 spiro atoms. The fourth-order valence-electron chi connectivity index (χ4n) is 1.88. The number of rotatable bonds is 7. The number of esters is 1. The Bertz CT molecular complexity index is 421. The number of nitrogens with two attached hydrogens (primary N) is 1. The highest BCUT2D eigenvalue weighted by Gasteiger charge is 2.12. The van der Waals surface area contributed by atoms with Gasteiger partial charge in [0, 0.05) is 12.6 Å². The van der Waals surface area contributed by atoms with E-state index in [1.807, 2.05) is 0 Å². The molecule has 0 aliphatic carbocycles. The molecule has 0 bridgehead atoms. The van der Waals surface area contributed by atoms with E-state index in [-0.39, 0.29) is 12.0 Å². The summed E-state index contributed by atoms with van der Waals surface area (Å²) in [5.41, 5.74) is 6.88. The molecule has 3 N–H and O–H groups in total. The van der Waals surface area contributed by atoms with Crippen LogP contribution in [0.2, 0.25) is 0 Å². The number of unbranched alkanes of at least 4 members (excludes halogenated alkanes) is 1. The number of pyridine rings is 1. The summed E-state index contributed by atoms with van der Waals surface area (Å²) in [5, 5.41) is 3.30. The van der Waals surface area contributed by atoms with E-state index in [4.69, 9.17) is 10.5 Å². The van der Waals surface area contributed by atoms with Gasteiger partial charge >= 0.3 is 5.97 Å². The average molecular weight is 265 g/mol. The number of carbonyl (C=O) groups excluding carboxylic acids is 1. The molecule has 0 aliphatic rings. The van der Waals surface area contributed by atoms with Crippen LogP contribution in [0.1, 0.15) is 42.2 Å². The van der Waals surface area contributed by atoms with Crippen molar-refractivity contribution in [3.63, 3.8) is 0 Å². The summed E-state index contributed by atoms with van der Waals surface area (Å²) in [5.74, 6) is 0.384. The molecule has 106 valence electrons. The number of anilines is 1. The largest absolute Gasteiger partial charge is 0.465 e. The lowest BCUT2D eigenvalue weighted by Crippen LogP contribution is -2.29. The molecule has 1 rings (SSSR count). The van der Waals surface area contributed by atoms with Crippen molar-refractivity contribution in [1.82, 2.24) is 4.98 Å². The van der Waals surface area contributed by atoms with Crippen LogP contribution in [0.3, 0.4) is 0 Å². The van der Waals surface area contributed by atoms with Gasteiger partial charge in [-0.25, -0.2) is 9.78 Å². The first-order valence-corrected chi connectivity index (χ1v) is 6.64. The molecule has 0 saturated carbocycles. The van der Waals surface area contributed by atoms with Crippen LogP contribution in [-0.4, -0.2) is 30.6 Å². The molecule has 5 nitrogen and oxygen atoms in total. The third-order valence-electron chi connectivity index (χ3n) is 3.03. The van der Waals surface area contributed by atoms with Crippen molar-refractivity contribution in [2.45, 2.75) is 39.2 Å². The Hall–Kier alpha value is -1.62. The standard InChI is InChI=1S/C14H23N3O2/c1-4-5-6-11(9-15)17-13-8-7-12(10(2)16-13)14(18)19-3/h7-8,11H,4-6,9,15H2,1-3H3,(H,16,17). The number of nitrogens with zero attached hydrogens (tertiary/aromatic N) is 1. The molecule has 1 aromatic heterocycles. The molecule has 0 aromatic carbocycles. The zero-order valence-corrected chi connectivity index (χ0v) is 11.9. The summed E-state index contributed by atoms with van der Waals surface area (Å²) >= 11 is 0. The van der Waals surface area contributed by atoms with Gasteiger partial charge in [0.25, 0.3) is 0 Å². The molecule has 0 saturated heterocycles. The van der Waals surface area contributed by atoms with E-state index in [1.165, 1.54) is 7.11 Å². The minimum absolute atomic E-state index is 0.218. The first-order valence-electron chi connectivity index (χ1n) is 6.64. The smallest absolute Gasteiger partial charge is 0.339 e. The Balaban J connectivity index is 2.74. The van der Waals surface area contributed by atoms with E-state index in [9.17, 15) is 4.79 Å². The van der Waals surface area contributed by atoms with Gasteiger partial charge in [-0.15, -0.1) is 0 Å². The predicted octanol–water partition coefficient (Wildman–Crippen LogP) is 2.11. The molecule has 1 unspecified atom stereocenters. The first-order chi connectivity index (χ1) is 9.12. The summed E-state index contributed by atoms with van der Waals surface area (Å²) in [6.45, 7) is 4.52. The summed E-state index contributed by atoms with van der Waals surface area (Å²) in [6, 6.07) is 3.73. The maximum Gasteiger partial charge on any atom is 0.339 e. The molecule has 1 aromatic rings. The predicted molar refractivity (Wildman–Crippen MR) is 76.3 cm³/mol. The van der Waals surface area contributed by atoms with E-state index in [2.05, 4.69) is 17.2 Å². The molecular weight excluding hydrogens is 242 g/mol.